The number of hydrogen-bond donors (Lipinski definition) is 0. The summed E-state index contributed by atoms with van der Waals surface area (Å²) >= 11 is 0. The lowest BCUT2D eigenvalue weighted by Crippen LogP contribution is -2.01. The summed E-state index contributed by atoms with van der Waals surface area (Å²) < 4.78 is 2.21. The van der Waals surface area contributed by atoms with Crippen LogP contribution in [0, 0.1) is 18.3 Å². The van der Waals surface area contributed by atoms with Gasteiger partial charge < -0.3 is 4.57 Å². The van der Waals surface area contributed by atoms with Crippen LogP contribution in [-0.4, -0.2) is 4.57 Å². The van der Waals surface area contributed by atoms with Crippen molar-refractivity contribution in [2.24, 2.45) is 0 Å². The maximum atomic E-state index is 9.33. The standard InChI is InChI=1S/C17H14N2/c1-13-16(11-18)15-9-5-6-10-17(15)19(13)12-14-7-3-2-4-8-14/h2-10H,12H2,1H3. The minimum atomic E-state index is 0.784. The Labute approximate surface area is 112 Å². The van der Waals surface area contributed by atoms with Crippen molar-refractivity contribution in [1.82, 2.24) is 4.57 Å². The van der Waals surface area contributed by atoms with Crippen molar-refractivity contribution in [1.29, 1.82) is 5.26 Å². The molecule has 0 saturated carbocycles. The molecule has 1 heterocycles. The first-order chi connectivity index (χ1) is 9.31. The second-order valence-corrected chi connectivity index (χ2v) is 4.66. The highest BCUT2D eigenvalue weighted by Crippen LogP contribution is 2.25. The molecular formula is C17H14N2. The topological polar surface area (TPSA) is 28.7 Å². The predicted molar refractivity (Wildman–Crippen MR) is 76.9 cm³/mol. The minimum Gasteiger partial charge on any atom is -0.339 e. The zero-order valence-electron chi connectivity index (χ0n) is 10.8. The number of fused-ring (bicyclic) bond motifs is 1. The highest BCUT2D eigenvalue weighted by atomic mass is 15.0. The summed E-state index contributed by atoms with van der Waals surface area (Å²) in [7, 11) is 0. The maximum absolute atomic E-state index is 9.33. The highest BCUT2D eigenvalue weighted by Gasteiger charge is 2.13. The van der Waals surface area contributed by atoms with Crippen LogP contribution >= 0.6 is 0 Å². The van der Waals surface area contributed by atoms with Gasteiger partial charge in [0.2, 0.25) is 0 Å². The fourth-order valence-electron chi connectivity index (χ4n) is 2.54. The van der Waals surface area contributed by atoms with Gasteiger partial charge in [-0.3, -0.25) is 0 Å². The molecule has 19 heavy (non-hydrogen) atoms. The Hall–Kier alpha value is -2.53. The van der Waals surface area contributed by atoms with Crippen LogP contribution in [0.15, 0.2) is 54.6 Å². The average molecular weight is 246 g/mol. The van der Waals surface area contributed by atoms with E-state index in [0.717, 1.165) is 28.7 Å². The van der Waals surface area contributed by atoms with E-state index in [1.54, 1.807) is 0 Å². The predicted octanol–water partition coefficient (Wildman–Crippen LogP) is 3.87. The van der Waals surface area contributed by atoms with Gasteiger partial charge in [-0.1, -0.05) is 48.5 Å². The van der Waals surface area contributed by atoms with Crippen LogP contribution in [0.4, 0.5) is 0 Å². The van der Waals surface area contributed by atoms with Crippen molar-refractivity contribution in [3.63, 3.8) is 0 Å². The fraction of sp³-hybridized carbons (Fsp3) is 0.118. The van der Waals surface area contributed by atoms with Crippen LogP contribution in [0.25, 0.3) is 10.9 Å². The van der Waals surface area contributed by atoms with Gasteiger partial charge in [-0.2, -0.15) is 5.26 Å². The normalized spacial score (nSPS) is 10.5. The summed E-state index contributed by atoms with van der Waals surface area (Å²) in [6, 6.07) is 20.7. The van der Waals surface area contributed by atoms with Gasteiger partial charge in [0.25, 0.3) is 0 Å². The number of hydrogen-bond acceptors (Lipinski definition) is 1. The van der Waals surface area contributed by atoms with Crippen LogP contribution in [-0.2, 0) is 6.54 Å². The Kier molecular flexibility index (Phi) is 2.81. The van der Waals surface area contributed by atoms with E-state index in [1.807, 2.05) is 43.3 Å². The molecule has 2 nitrogen and oxygen atoms in total. The number of rotatable bonds is 2. The zero-order chi connectivity index (χ0) is 13.2. The Morgan fingerprint density at radius 1 is 1.00 bits per heavy atom. The smallest absolute Gasteiger partial charge is 0.102 e. The number of benzene rings is 2. The molecule has 3 aromatic rings. The van der Waals surface area contributed by atoms with E-state index >= 15 is 0 Å². The maximum Gasteiger partial charge on any atom is 0.102 e. The van der Waals surface area contributed by atoms with E-state index in [4.69, 9.17) is 0 Å². The molecule has 92 valence electrons. The minimum absolute atomic E-state index is 0.784. The molecule has 0 N–H and O–H groups in total. The molecule has 0 bridgehead atoms. The van der Waals surface area contributed by atoms with Crippen molar-refractivity contribution in [2.75, 3.05) is 0 Å². The van der Waals surface area contributed by atoms with E-state index < -0.39 is 0 Å². The Balaban J connectivity index is 2.19. The van der Waals surface area contributed by atoms with Gasteiger partial charge in [-0.25, -0.2) is 0 Å². The summed E-state index contributed by atoms with van der Waals surface area (Å²) in [5.74, 6) is 0. The first-order valence-electron chi connectivity index (χ1n) is 6.33. The summed E-state index contributed by atoms with van der Waals surface area (Å²) in [5, 5.41) is 10.4. The molecule has 0 aliphatic heterocycles. The lowest BCUT2D eigenvalue weighted by Gasteiger charge is -2.08. The molecule has 0 aliphatic carbocycles. The lowest BCUT2D eigenvalue weighted by molar-refractivity contribution is 0.803. The van der Waals surface area contributed by atoms with Gasteiger partial charge in [-0.05, 0) is 18.6 Å². The monoisotopic (exact) mass is 246 g/mol. The van der Waals surface area contributed by atoms with Crippen molar-refractivity contribution < 1.29 is 0 Å². The van der Waals surface area contributed by atoms with Crippen LogP contribution in [0.1, 0.15) is 16.8 Å². The van der Waals surface area contributed by atoms with E-state index in [1.165, 1.54) is 5.56 Å². The number of aromatic nitrogens is 1. The number of para-hydroxylation sites is 1. The van der Waals surface area contributed by atoms with E-state index in [-0.39, 0.29) is 0 Å². The van der Waals surface area contributed by atoms with Crippen LogP contribution < -0.4 is 0 Å². The van der Waals surface area contributed by atoms with E-state index in [9.17, 15) is 5.26 Å². The van der Waals surface area contributed by atoms with Crippen molar-refractivity contribution in [3.05, 3.63) is 71.4 Å². The largest absolute Gasteiger partial charge is 0.339 e. The van der Waals surface area contributed by atoms with E-state index in [2.05, 4.69) is 28.8 Å². The first kappa shape index (κ1) is 11.6. The molecule has 0 radical (unpaired) electrons. The summed E-state index contributed by atoms with van der Waals surface area (Å²) in [6.07, 6.45) is 0. The second kappa shape index (κ2) is 4.62. The van der Waals surface area contributed by atoms with Gasteiger partial charge in [0, 0.05) is 23.1 Å². The van der Waals surface area contributed by atoms with Crippen LogP contribution in [0.5, 0.6) is 0 Å². The molecule has 2 heteroatoms. The van der Waals surface area contributed by atoms with Crippen molar-refractivity contribution >= 4 is 10.9 Å². The van der Waals surface area contributed by atoms with Gasteiger partial charge in [0.15, 0.2) is 0 Å². The van der Waals surface area contributed by atoms with Gasteiger partial charge in [0.1, 0.15) is 6.07 Å². The zero-order valence-corrected chi connectivity index (χ0v) is 10.8. The van der Waals surface area contributed by atoms with Gasteiger partial charge in [0.05, 0.1) is 5.56 Å². The fourth-order valence-corrected chi connectivity index (χ4v) is 2.54. The van der Waals surface area contributed by atoms with Crippen molar-refractivity contribution in [3.8, 4) is 6.07 Å². The van der Waals surface area contributed by atoms with Crippen LogP contribution in [0.3, 0.4) is 0 Å². The third kappa shape index (κ3) is 1.90. The molecular weight excluding hydrogens is 232 g/mol. The average Bonchev–Trinajstić information content (AvgIpc) is 2.73. The lowest BCUT2D eigenvalue weighted by atomic mass is 10.1. The molecule has 0 atom stereocenters. The molecule has 0 spiro atoms. The Bertz CT molecular complexity index is 761. The molecule has 1 aromatic heterocycles. The molecule has 3 rings (SSSR count). The summed E-state index contributed by atoms with van der Waals surface area (Å²) in [5.41, 5.74) is 4.19. The molecule has 2 aromatic carbocycles. The molecule has 0 fully saturated rings. The van der Waals surface area contributed by atoms with Crippen molar-refractivity contribution in [2.45, 2.75) is 13.5 Å². The third-order valence-electron chi connectivity index (χ3n) is 3.53. The first-order valence-corrected chi connectivity index (χ1v) is 6.33. The molecule has 0 saturated heterocycles. The molecule has 0 amide bonds. The summed E-state index contributed by atoms with van der Waals surface area (Å²) in [6.45, 7) is 2.82. The van der Waals surface area contributed by atoms with Crippen LogP contribution in [0.2, 0.25) is 0 Å². The third-order valence-corrected chi connectivity index (χ3v) is 3.53. The quantitative estimate of drug-likeness (QED) is 0.674. The second-order valence-electron chi connectivity index (χ2n) is 4.66. The molecule has 0 unspecified atom stereocenters. The van der Waals surface area contributed by atoms with Gasteiger partial charge >= 0.3 is 0 Å². The SMILES string of the molecule is Cc1c(C#N)c2ccccc2n1Cc1ccccc1. The number of nitriles is 1. The van der Waals surface area contributed by atoms with Gasteiger partial charge in [-0.15, -0.1) is 0 Å². The Morgan fingerprint density at radius 2 is 1.68 bits per heavy atom. The van der Waals surface area contributed by atoms with E-state index in [0.29, 0.717) is 0 Å². The Morgan fingerprint density at radius 3 is 2.42 bits per heavy atom. The molecule has 0 aliphatic rings. The summed E-state index contributed by atoms with van der Waals surface area (Å²) in [4.78, 5) is 0. The number of nitrogens with zero attached hydrogens (tertiary/aromatic N) is 2. The highest BCUT2D eigenvalue weighted by molar-refractivity contribution is 5.88.